The van der Waals surface area contributed by atoms with Crippen LogP contribution in [0.2, 0.25) is 0 Å². The van der Waals surface area contributed by atoms with E-state index in [0.29, 0.717) is 0 Å². The van der Waals surface area contributed by atoms with Crippen molar-refractivity contribution in [2.45, 2.75) is 44.9 Å². The van der Waals surface area contributed by atoms with Crippen LogP contribution in [-0.2, 0) is 13.5 Å². The van der Waals surface area contributed by atoms with E-state index in [1.165, 1.54) is 38.5 Å². The highest BCUT2D eigenvalue weighted by Gasteiger charge is 2.15. The fourth-order valence-electron chi connectivity index (χ4n) is 2.61. The Bertz CT molecular complexity index is 326. The minimum Gasteiger partial charge on any atom is -0.357 e. The van der Waals surface area contributed by atoms with Gasteiger partial charge in [0.15, 0.2) is 0 Å². The van der Waals surface area contributed by atoms with Crippen LogP contribution in [0.3, 0.4) is 0 Å². The Morgan fingerprint density at radius 2 is 2.00 bits per heavy atom. The molecule has 1 aliphatic rings. The van der Waals surface area contributed by atoms with E-state index in [9.17, 15) is 0 Å². The molecule has 16 heavy (non-hydrogen) atoms. The summed E-state index contributed by atoms with van der Waals surface area (Å²) in [5, 5.41) is 11.4. The summed E-state index contributed by atoms with van der Waals surface area (Å²) >= 11 is 0. The molecule has 0 aliphatic heterocycles. The first-order valence-electron chi connectivity index (χ1n) is 6.37. The molecule has 4 heteroatoms. The number of anilines is 1. The molecule has 1 heterocycles. The van der Waals surface area contributed by atoms with Gasteiger partial charge in [0.1, 0.15) is 5.82 Å². The minimum atomic E-state index is 0.860. The van der Waals surface area contributed by atoms with Gasteiger partial charge in [0.05, 0.1) is 0 Å². The third-order valence-electron chi connectivity index (χ3n) is 3.69. The van der Waals surface area contributed by atoms with Gasteiger partial charge in [-0.25, -0.2) is 0 Å². The standard InChI is InChI=1S/C12H22N4/c1-13-12-15-14-11(16(12)2)9-8-10-6-4-3-5-7-10/h10H,3-9H2,1-2H3,(H,13,15). The zero-order valence-electron chi connectivity index (χ0n) is 10.4. The quantitative estimate of drug-likeness (QED) is 0.850. The maximum Gasteiger partial charge on any atom is 0.224 e. The lowest BCUT2D eigenvalue weighted by Gasteiger charge is -2.20. The lowest BCUT2D eigenvalue weighted by atomic mass is 9.86. The van der Waals surface area contributed by atoms with E-state index in [0.717, 1.165) is 24.1 Å². The van der Waals surface area contributed by atoms with Crippen LogP contribution in [0.4, 0.5) is 5.95 Å². The second kappa shape index (κ2) is 5.32. The predicted molar refractivity (Wildman–Crippen MR) is 65.4 cm³/mol. The molecule has 0 atom stereocenters. The zero-order chi connectivity index (χ0) is 11.4. The summed E-state index contributed by atoms with van der Waals surface area (Å²) in [5.74, 6) is 2.89. The van der Waals surface area contributed by atoms with Gasteiger partial charge in [-0.3, -0.25) is 0 Å². The Morgan fingerprint density at radius 1 is 1.25 bits per heavy atom. The van der Waals surface area contributed by atoms with Crippen LogP contribution in [0.1, 0.15) is 44.3 Å². The molecule has 1 aromatic rings. The molecule has 0 spiro atoms. The Balaban J connectivity index is 1.86. The highest BCUT2D eigenvalue weighted by molar-refractivity contribution is 5.23. The molecule has 1 N–H and O–H groups in total. The van der Waals surface area contributed by atoms with Crippen molar-refractivity contribution in [2.24, 2.45) is 13.0 Å². The Labute approximate surface area is 97.5 Å². The van der Waals surface area contributed by atoms with Gasteiger partial charge in [-0.1, -0.05) is 32.1 Å². The molecule has 0 amide bonds. The molecular formula is C12H22N4. The molecule has 0 bridgehead atoms. The number of hydrogen-bond donors (Lipinski definition) is 1. The minimum absolute atomic E-state index is 0.860. The number of aromatic nitrogens is 3. The largest absolute Gasteiger partial charge is 0.357 e. The molecule has 4 nitrogen and oxygen atoms in total. The summed E-state index contributed by atoms with van der Waals surface area (Å²) in [7, 11) is 3.91. The maximum absolute atomic E-state index is 4.22. The zero-order valence-corrected chi connectivity index (χ0v) is 10.4. The van der Waals surface area contributed by atoms with Crippen LogP contribution in [-0.4, -0.2) is 21.8 Å². The van der Waals surface area contributed by atoms with Gasteiger partial charge in [-0.15, -0.1) is 10.2 Å². The second-order valence-electron chi connectivity index (χ2n) is 4.79. The first kappa shape index (κ1) is 11.4. The van der Waals surface area contributed by atoms with Gasteiger partial charge in [0.2, 0.25) is 5.95 Å². The lowest BCUT2D eigenvalue weighted by molar-refractivity contribution is 0.336. The number of hydrogen-bond acceptors (Lipinski definition) is 3. The number of rotatable bonds is 4. The normalized spacial score (nSPS) is 17.6. The number of nitrogens with one attached hydrogen (secondary N) is 1. The third kappa shape index (κ3) is 2.54. The summed E-state index contributed by atoms with van der Waals surface area (Å²) < 4.78 is 2.06. The van der Waals surface area contributed by atoms with Crippen LogP contribution in [0, 0.1) is 5.92 Å². The topological polar surface area (TPSA) is 42.7 Å². The molecule has 90 valence electrons. The Hall–Kier alpha value is -1.06. The molecule has 1 aliphatic carbocycles. The Morgan fingerprint density at radius 3 is 2.62 bits per heavy atom. The van der Waals surface area contributed by atoms with E-state index in [4.69, 9.17) is 0 Å². The lowest BCUT2D eigenvalue weighted by Crippen LogP contribution is -2.09. The Kier molecular flexibility index (Phi) is 3.80. The van der Waals surface area contributed by atoms with E-state index < -0.39 is 0 Å². The molecule has 2 rings (SSSR count). The predicted octanol–water partition coefficient (Wildman–Crippen LogP) is 2.37. The molecule has 0 unspecified atom stereocenters. The van der Waals surface area contributed by atoms with Crippen LogP contribution < -0.4 is 5.32 Å². The van der Waals surface area contributed by atoms with E-state index in [1.54, 1.807) is 0 Å². The van der Waals surface area contributed by atoms with Crippen LogP contribution >= 0.6 is 0 Å². The molecule has 1 fully saturated rings. The highest BCUT2D eigenvalue weighted by atomic mass is 15.3. The van der Waals surface area contributed by atoms with Crippen LogP contribution in [0.25, 0.3) is 0 Å². The van der Waals surface area contributed by atoms with Gasteiger partial charge in [-0.05, 0) is 12.3 Å². The third-order valence-corrected chi connectivity index (χ3v) is 3.69. The molecule has 1 aromatic heterocycles. The first-order chi connectivity index (χ1) is 7.81. The van der Waals surface area contributed by atoms with Crippen molar-refractivity contribution in [3.8, 4) is 0 Å². The second-order valence-corrected chi connectivity index (χ2v) is 4.79. The number of nitrogens with zero attached hydrogens (tertiary/aromatic N) is 3. The maximum atomic E-state index is 4.22. The highest BCUT2D eigenvalue weighted by Crippen LogP contribution is 2.27. The van der Waals surface area contributed by atoms with Gasteiger partial charge in [0.25, 0.3) is 0 Å². The average Bonchev–Trinajstić information content (AvgIpc) is 2.69. The van der Waals surface area contributed by atoms with Gasteiger partial charge >= 0.3 is 0 Å². The van der Waals surface area contributed by atoms with Crippen molar-refractivity contribution in [3.63, 3.8) is 0 Å². The van der Waals surface area contributed by atoms with Gasteiger partial charge < -0.3 is 9.88 Å². The summed E-state index contributed by atoms with van der Waals surface area (Å²) in [6.07, 6.45) is 9.44. The fraction of sp³-hybridized carbons (Fsp3) is 0.833. The molecular weight excluding hydrogens is 200 g/mol. The van der Waals surface area contributed by atoms with Crippen molar-refractivity contribution in [1.82, 2.24) is 14.8 Å². The summed E-state index contributed by atoms with van der Waals surface area (Å²) in [4.78, 5) is 0. The van der Waals surface area contributed by atoms with Gasteiger partial charge in [-0.2, -0.15) is 0 Å². The molecule has 0 radical (unpaired) electrons. The summed E-state index contributed by atoms with van der Waals surface area (Å²) in [5.41, 5.74) is 0. The average molecular weight is 222 g/mol. The molecule has 1 saturated carbocycles. The van der Waals surface area contributed by atoms with Crippen LogP contribution in [0.15, 0.2) is 0 Å². The number of aryl methyl sites for hydroxylation is 1. The van der Waals surface area contributed by atoms with Crippen molar-refractivity contribution in [2.75, 3.05) is 12.4 Å². The van der Waals surface area contributed by atoms with E-state index in [1.807, 2.05) is 14.1 Å². The van der Waals surface area contributed by atoms with E-state index in [-0.39, 0.29) is 0 Å². The SMILES string of the molecule is CNc1nnc(CCC2CCCCC2)n1C. The van der Waals surface area contributed by atoms with Crippen LogP contribution in [0.5, 0.6) is 0 Å². The first-order valence-corrected chi connectivity index (χ1v) is 6.37. The summed E-state index contributed by atoms with van der Waals surface area (Å²) in [6.45, 7) is 0. The smallest absolute Gasteiger partial charge is 0.224 e. The summed E-state index contributed by atoms with van der Waals surface area (Å²) in [6, 6.07) is 0. The van der Waals surface area contributed by atoms with E-state index in [2.05, 4.69) is 20.1 Å². The van der Waals surface area contributed by atoms with Crippen molar-refractivity contribution in [3.05, 3.63) is 5.82 Å². The molecule has 0 aromatic carbocycles. The monoisotopic (exact) mass is 222 g/mol. The van der Waals surface area contributed by atoms with Crippen molar-refractivity contribution < 1.29 is 0 Å². The fourth-order valence-corrected chi connectivity index (χ4v) is 2.61. The van der Waals surface area contributed by atoms with E-state index >= 15 is 0 Å². The van der Waals surface area contributed by atoms with Gasteiger partial charge in [0, 0.05) is 20.5 Å². The van der Waals surface area contributed by atoms with Crippen molar-refractivity contribution >= 4 is 5.95 Å². The molecule has 0 saturated heterocycles. The van der Waals surface area contributed by atoms with Crippen molar-refractivity contribution in [1.29, 1.82) is 0 Å².